The van der Waals surface area contributed by atoms with Crippen molar-refractivity contribution in [3.63, 3.8) is 0 Å². The molecule has 0 bridgehead atoms. The maximum absolute atomic E-state index is 6.06. The normalized spacial score (nSPS) is 22.5. The topological polar surface area (TPSA) is 18.5 Å². The second kappa shape index (κ2) is 7.46. The largest absolute Gasteiger partial charge is 0.404 e. The van der Waals surface area contributed by atoms with Crippen LogP contribution in [-0.4, -0.2) is 22.9 Å². The highest BCUT2D eigenvalue weighted by Crippen LogP contribution is 2.31. The minimum absolute atomic E-state index is 0.00246. The summed E-state index contributed by atoms with van der Waals surface area (Å²) < 4.78 is 11.4. The third-order valence-corrected chi connectivity index (χ3v) is 4.24. The van der Waals surface area contributed by atoms with E-state index in [1.165, 1.54) is 38.5 Å². The summed E-state index contributed by atoms with van der Waals surface area (Å²) in [6, 6.07) is 0. The molecule has 96 valence electrons. The molecule has 0 radical (unpaired) electrons. The average molecular weight is 244 g/mol. The van der Waals surface area contributed by atoms with E-state index in [9.17, 15) is 0 Å². The fourth-order valence-electron chi connectivity index (χ4n) is 2.63. The van der Waals surface area contributed by atoms with E-state index in [1.54, 1.807) is 0 Å². The van der Waals surface area contributed by atoms with Gasteiger partial charge in [0.1, 0.15) is 16.8 Å². The molecule has 2 atom stereocenters. The summed E-state index contributed by atoms with van der Waals surface area (Å²) in [4.78, 5) is 0. The molecule has 0 heterocycles. The van der Waals surface area contributed by atoms with Crippen molar-refractivity contribution in [3.8, 4) is 0 Å². The summed E-state index contributed by atoms with van der Waals surface area (Å²) >= 11 is 0. The molecule has 0 aromatic rings. The van der Waals surface area contributed by atoms with Gasteiger partial charge in [-0.15, -0.1) is 0 Å². The van der Waals surface area contributed by atoms with Crippen molar-refractivity contribution in [1.29, 1.82) is 0 Å². The van der Waals surface area contributed by atoms with Crippen molar-refractivity contribution in [2.24, 2.45) is 11.8 Å². The van der Waals surface area contributed by atoms with Crippen molar-refractivity contribution in [3.05, 3.63) is 0 Å². The van der Waals surface area contributed by atoms with E-state index < -0.39 is 0 Å². The lowest BCUT2D eigenvalue weighted by atomic mass is 9.82. The Morgan fingerprint density at radius 1 is 1.12 bits per heavy atom. The lowest BCUT2D eigenvalue weighted by Crippen LogP contribution is -2.31. The van der Waals surface area contributed by atoms with Crippen LogP contribution in [0.3, 0.4) is 0 Å². The molecule has 0 aromatic carbocycles. The number of rotatable bonds is 6. The third-order valence-electron chi connectivity index (χ3n) is 3.58. The van der Waals surface area contributed by atoms with Crippen LogP contribution in [0.5, 0.6) is 0 Å². The minimum Gasteiger partial charge on any atom is -0.404 e. The molecule has 0 aromatic heterocycles. The smallest absolute Gasteiger partial charge is 0.149 e. The van der Waals surface area contributed by atoms with E-state index >= 15 is 0 Å². The van der Waals surface area contributed by atoms with Gasteiger partial charge in [0.2, 0.25) is 0 Å². The Balaban J connectivity index is 2.47. The van der Waals surface area contributed by atoms with Crippen LogP contribution in [0, 0.1) is 11.8 Å². The maximum Gasteiger partial charge on any atom is 0.149 e. The van der Waals surface area contributed by atoms with Gasteiger partial charge in [-0.1, -0.05) is 33.1 Å². The minimum atomic E-state index is -0.00246. The van der Waals surface area contributed by atoms with Gasteiger partial charge in [-0.25, -0.2) is 0 Å². The summed E-state index contributed by atoms with van der Waals surface area (Å²) in [7, 11) is 0.766. The molecule has 0 spiro atoms. The van der Waals surface area contributed by atoms with Gasteiger partial charge < -0.3 is 9.16 Å². The quantitative estimate of drug-likeness (QED) is 0.528. The molecule has 1 saturated carbocycles. The number of hydrogen-bond acceptors (Lipinski definition) is 2. The first kappa shape index (κ1) is 14.2. The van der Waals surface area contributed by atoms with Gasteiger partial charge in [0.25, 0.3) is 0 Å². The summed E-state index contributed by atoms with van der Waals surface area (Å²) in [6.45, 7) is 6.60. The monoisotopic (exact) mass is 244 g/mol. The first-order chi connectivity index (χ1) is 7.63. The Morgan fingerprint density at radius 3 is 2.25 bits per heavy atom. The van der Waals surface area contributed by atoms with E-state index in [0.717, 1.165) is 16.4 Å². The molecule has 0 N–H and O–H groups in total. The maximum atomic E-state index is 6.06. The van der Waals surface area contributed by atoms with Gasteiger partial charge in [0.15, 0.2) is 0 Å². The predicted octanol–water partition coefficient (Wildman–Crippen LogP) is 2.64. The van der Waals surface area contributed by atoms with Gasteiger partial charge in [-0.3, -0.25) is 0 Å². The molecule has 0 amide bonds. The second-order valence-corrected chi connectivity index (χ2v) is 5.98. The van der Waals surface area contributed by atoms with Crippen LogP contribution < -0.4 is 0 Å². The molecule has 1 aliphatic rings. The summed E-state index contributed by atoms with van der Waals surface area (Å²) in [5.74, 6) is 1.49. The van der Waals surface area contributed by atoms with E-state index in [2.05, 4.69) is 13.8 Å². The molecule has 1 aliphatic carbocycles. The molecule has 2 unspecified atom stereocenters. The van der Waals surface area contributed by atoms with Gasteiger partial charge in [-0.2, -0.15) is 0 Å². The fourth-order valence-corrected chi connectivity index (χ4v) is 2.74. The Bertz CT molecular complexity index is 179. The van der Waals surface area contributed by atoms with Gasteiger partial charge >= 0.3 is 0 Å². The van der Waals surface area contributed by atoms with E-state index in [0.29, 0.717) is 12.0 Å². The fraction of sp³-hybridized carbons (Fsp3) is 1.00. The lowest BCUT2D eigenvalue weighted by molar-refractivity contribution is -0.133. The SMILES string of the molecule is CC(C)CC(OC(C)O[SiH3])C1CCCCC1. The van der Waals surface area contributed by atoms with E-state index in [1.807, 2.05) is 6.92 Å². The first-order valence-corrected chi connectivity index (χ1v) is 7.63. The third kappa shape index (κ3) is 4.98. The standard InChI is InChI=1S/C13H28O2Si/c1-10(2)9-13(14-11(3)15-16)12-7-5-4-6-8-12/h10-13H,4-9H2,1-3,16H3. The van der Waals surface area contributed by atoms with Crippen LogP contribution in [0.15, 0.2) is 0 Å². The molecular formula is C13H28O2Si. The Hall–Kier alpha value is 0.137. The average Bonchev–Trinajstić information content (AvgIpc) is 2.28. The highest BCUT2D eigenvalue weighted by Gasteiger charge is 2.26. The van der Waals surface area contributed by atoms with Crippen molar-refractivity contribution in [1.82, 2.24) is 0 Å². The Kier molecular flexibility index (Phi) is 6.62. The number of hydrogen-bond donors (Lipinski definition) is 0. The summed E-state index contributed by atoms with van der Waals surface area (Å²) in [5, 5.41) is 0. The molecule has 0 aliphatic heterocycles. The second-order valence-electron chi connectivity index (χ2n) is 5.51. The summed E-state index contributed by atoms with van der Waals surface area (Å²) in [5.41, 5.74) is 0. The van der Waals surface area contributed by atoms with Crippen molar-refractivity contribution in [2.45, 2.75) is 71.7 Å². The van der Waals surface area contributed by atoms with Crippen molar-refractivity contribution >= 4 is 10.5 Å². The van der Waals surface area contributed by atoms with Gasteiger partial charge in [-0.05, 0) is 38.0 Å². The molecule has 1 rings (SSSR count). The molecule has 2 nitrogen and oxygen atoms in total. The first-order valence-electron chi connectivity index (χ1n) is 6.81. The van der Waals surface area contributed by atoms with Crippen LogP contribution in [-0.2, 0) is 9.16 Å². The van der Waals surface area contributed by atoms with Crippen molar-refractivity contribution < 1.29 is 9.16 Å². The summed E-state index contributed by atoms with van der Waals surface area (Å²) in [6.07, 6.45) is 8.49. The van der Waals surface area contributed by atoms with Crippen LogP contribution in [0.1, 0.15) is 59.3 Å². The predicted molar refractivity (Wildman–Crippen MR) is 71.4 cm³/mol. The molecular weight excluding hydrogens is 216 g/mol. The van der Waals surface area contributed by atoms with Crippen LogP contribution in [0.2, 0.25) is 0 Å². The highest BCUT2D eigenvalue weighted by atomic mass is 28.2. The Morgan fingerprint density at radius 2 is 1.75 bits per heavy atom. The zero-order valence-electron chi connectivity index (χ0n) is 11.4. The van der Waals surface area contributed by atoms with Gasteiger partial charge in [0, 0.05) is 0 Å². The van der Waals surface area contributed by atoms with E-state index in [-0.39, 0.29) is 6.29 Å². The van der Waals surface area contributed by atoms with Crippen LogP contribution >= 0.6 is 0 Å². The van der Waals surface area contributed by atoms with Crippen LogP contribution in [0.25, 0.3) is 0 Å². The Labute approximate surface area is 104 Å². The zero-order valence-corrected chi connectivity index (χ0v) is 13.4. The molecule has 16 heavy (non-hydrogen) atoms. The van der Waals surface area contributed by atoms with Gasteiger partial charge in [0.05, 0.1) is 6.10 Å². The van der Waals surface area contributed by atoms with E-state index in [4.69, 9.17) is 9.16 Å². The van der Waals surface area contributed by atoms with Crippen molar-refractivity contribution in [2.75, 3.05) is 0 Å². The molecule has 1 fully saturated rings. The highest BCUT2D eigenvalue weighted by molar-refractivity contribution is 5.98. The van der Waals surface area contributed by atoms with Crippen LogP contribution in [0.4, 0.5) is 0 Å². The number of ether oxygens (including phenoxy) is 1. The lowest BCUT2D eigenvalue weighted by Gasteiger charge is -2.33. The molecule has 3 heteroatoms. The zero-order chi connectivity index (χ0) is 12.0. The molecule has 0 saturated heterocycles.